The zero-order valence-corrected chi connectivity index (χ0v) is 17.1. The number of carboxylic acids is 1. The lowest BCUT2D eigenvalue weighted by atomic mass is 10.0. The van der Waals surface area contributed by atoms with E-state index in [9.17, 15) is 9.59 Å². The van der Waals surface area contributed by atoms with Crippen molar-refractivity contribution in [1.82, 2.24) is 0 Å². The lowest BCUT2D eigenvalue weighted by molar-refractivity contribution is -0.143. The molecule has 0 aromatic carbocycles. The van der Waals surface area contributed by atoms with Crippen molar-refractivity contribution in [3.05, 3.63) is 0 Å². The van der Waals surface area contributed by atoms with Crippen LogP contribution in [0.2, 0.25) is 16.1 Å². The molecule has 0 fully saturated rings. The fourth-order valence-corrected chi connectivity index (χ4v) is 10.3. The Morgan fingerprint density at radius 3 is 1.96 bits per heavy atom. The largest absolute Gasteiger partial charge is 0.518 e. The first-order chi connectivity index (χ1) is 10.5. The molecule has 1 N–H and O–H groups in total. The maximum atomic E-state index is 12.3. The normalized spacial score (nSPS) is 12.7. The second-order valence-corrected chi connectivity index (χ2v) is 13.3. The minimum absolute atomic E-state index is 0.0244. The lowest BCUT2D eigenvalue weighted by Crippen LogP contribution is -2.55. The Morgan fingerprint density at radius 1 is 1.04 bits per heavy atom. The van der Waals surface area contributed by atoms with E-state index < -0.39 is 14.3 Å². The number of carbonyl (C=O) groups excluding carboxylic acids is 1. The number of rotatable bonds is 11. The summed E-state index contributed by atoms with van der Waals surface area (Å²) in [4.78, 5) is 23.0. The standard InChI is InChI=1S/C18H36O4Si/c1-8-9-10-13-18(6,7)23(14(2)3,15(4)5)22-17(21)12-11-16(19)20/h14-15H,8-13H2,1-7H3,(H,19,20). The highest BCUT2D eigenvalue weighted by molar-refractivity contribution is 6.80. The molecule has 136 valence electrons. The summed E-state index contributed by atoms with van der Waals surface area (Å²) in [5.41, 5.74) is 0.598. The third kappa shape index (κ3) is 5.94. The van der Waals surface area contributed by atoms with E-state index in [4.69, 9.17) is 9.53 Å². The molecule has 0 spiro atoms. The van der Waals surface area contributed by atoms with Crippen molar-refractivity contribution >= 4 is 20.3 Å². The van der Waals surface area contributed by atoms with Crippen molar-refractivity contribution in [2.75, 3.05) is 0 Å². The third-order valence-corrected chi connectivity index (χ3v) is 11.4. The minimum Gasteiger partial charge on any atom is -0.518 e. The molecule has 0 aromatic rings. The van der Waals surface area contributed by atoms with E-state index in [0.717, 1.165) is 12.8 Å². The van der Waals surface area contributed by atoms with Gasteiger partial charge in [0.15, 0.2) is 0 Å². The number of hydrogen-bond donors (Lipinski definition) is 1. The zero-order chi connectivity index (χ0) is 18.3. The lowest BCUT2D eigenvalue weighted by Gasteiger charge is -2.49. The van der Waals surface area contributed by atoms with Crippen LogP contribution in [-0.2, 0) is 14.0 Å². The Bertz CT molecular complexity index is 380. The van der Waals surface area contributed by atoms with E-state index in [1.807, 2.05) is 0 Å². The number of carbonyl (C=O) groups is 2. The third-order valence-electron chi connectivity index (χ3n) is 5.00. The Hall–Kier alpha value is -0.843. The van der Waals surface area contributed by atoms with E-state index in [1.54, 1.807) is 0 Å². The van der Waals surface area contributed by atoms with Gasteiger partial charge in [-0.3, -0.25) is 9.59 Å². The van der Waals surface area contributed by atoms with Gasteiger partial charge in [-0.25, -0.2) is 0 Å². The first-order valence-corrected chi connectivity index (χ1v) is 11.0. The molecule has 0 heterocycles. The Morgan fingerprint density at radius 2 is 1.57 bits per heavy atom. The summed E-state index contributed by atoms with van der Waals surface area (Å²) in [6.07, 6.45) is 4.37. The van der Waals surface area contributed by atoms with E-state index in [-0.39, 0.29) is 23.8 Å². The van der Waals surface area contributed by atoms with Crippen molar-refractivity contribution in [1.29, 1.82) is 0 Å². The van der Waals surface area contributed by atoms with Gasteiger partial charge in [0.2, 0.25) is 0 Å². The summed E-state index contributed by atoms with van der Waals surface area (Å²) >= 11 is 0. The van der Waals surface area contributed by atoms with E-state index >= 15 is 0 Å². The van der Waals surface area contributed by atoms with Gasteiger partial charge >= 0.3 is 5.97 Å². The van der Waals surface area contributed by atoms with Crippen LogP contribution in [0.5, 0.6) is 0 Å². The van der Waals surface area contributed by atoms with Crippen LogP contribution in [0, 0.1) is 0 Å². The molecule has 4 nitrogen and oxygen atoms in total. The smallest absolute Gasteiger partial charge is 0.303 e. The fourth-order valence-electron chi connectivity index (χ4n) is 4.06. The van der Waals surface area contributed by atoms with Gasteiger partial charge in [-0.15, -0.1) is 0 Å². The predicted octanol–water partition coefficient (Wildman–Crippen LogP) is 5.52. The predicted molar refractivity (Wildman–Crippen MR) is 97.1 cm³/mol. The highest BCUT2D eigenvalue weighted by Crippen LogP contribution is 2.54. The van der Waals surface area contributed by atoms with Crippen molar-refractivity contribution in [3.8, 4) is 0 Å². The molecule has 0 unspecified atom stereocenters. The molecule has 23 heavy (non-hydrogen) atoms. The van der Waals surface area contributed by atoms with Crippen LogP contribution < -0.4 is 0 Å². The maximum absolute atomic E-state index is 12.3. The van der Waals surface area contributed by atoms with Gasteiger partial charge in [-0.05, 0) is 22.5 Å². The molecule has 5 heteroatoms. The van der Waals surface area contributed by atoms with Crippen LogP contribution in [0.25, 0.3) is 0 Å². The molecule has 0 bridgehead atoms. The average Bonchev–Trinajstić information content (AvgIpc) is 2.41. The molecule has 0 amide bonds. The fraction of sp³-hybridized carbons (Fsp3) is 0.889. The second-order valence-electron chi connectivity index (χ2n) is 7.81. The summed E-state index contributed by atoms with van der Waals surface area (Å²) in [5.74, 6) is -1.30. The Balaban J connectivity index is 5.38. The second kappa shape index (κ2) is 9.45. The molecule has 0 rings (SSSR count). The van der Waals surface area contributed by atoms with Crippen LogP contribution in [0.3, 0.4) is 0 Å². The number of hydrogen-bond acceptors (Lipinski definition) is 3. The van der Waals surface area contributed by atoms with Gasteiger partial charge in [-0.1, -0.05) is 67.7 Å². The highest BCUT2D eigenvalue weighted by Gasteiger charge is 2.56. The topological polar surface area (TPSA) is 63.6 Å². The van der Waals surface area contributed by atoms with Gasteiger partial charge in [0, 0.05) is 0 Å². The summed E-state index contributed by atoms with van der Waals surface area (Å²) in [6, 6.07) is 0. The highest BCUT2D eigenvalue weighted by atomic mass is 28.4. The van der Waals surface area contributed by atoms with Crippen molar-refractivity contribution in [3.63, 3.8) is 0 Å². The number of unbranched alkanes of at least 4 members (excludes halogenated alkanes) is 2. The molecule has 0 atom stereocenters. The molecule has 0 aromatic heterocycles. The van der Waals surface area contributed by atoms with E-state index in [0.29, 0.717) is 11.1 Å². The molecular weight excluding hydrogens is 308 g/mol. The molecule has 0 radical (unpaired) electrons. The van der Waals surface area contributed by atoms with Crippen LogP contribution in [-0.4, -0.2) is 25.4 Å². The van der Waals surface area contributed by atoms with E-state index in [2.05, 4.69) is 48.5 Å². The summed E-state index contributed by atoms with van der Waals surface area (Å²) in [6.45, 7) is 15.3. The van der Waals surface area contributed by atoms with Crippen molar-refractivity contribution in [2.45, 2.75) is 103 Å². The van der Waals surface area contributed by atoms with Gasteiger partial charge in [0.05, 0.1) is 12.8 Å². The molecule has 0 aliphatic rings. The van der Waals surface area contributed by atoms with Crippen LogP contribution >= 0.6 is 0 Å². The Labute approximate surface area is 143 Å². The maximum Gasteiger partial charge on any atom is 0.303 e. The summed E-state index contributed by atoms with van der Waals surface area (Å²) in [7, 11) is -2.41. The van der Waals surface area contributed by atoms with Crippen LogP contribution in [0.4, 0.5) is 0 Å². The molecule has 0 aliphatic carbocycles. The molecule has 0 saturated heterocycles. The SMILES string of the molecule is CCCCCC(C)(C)[Si](OC(=O)CCC(=O)O)(C(C)C)C(C)C. The van der Waals surface area contributed by atoms with Gasteiger partial charge in [-0.2, -0.15) is 0 Å². The quantitative estimate of drug-likeness (QED) is 0.396. The Kier molecular flexibility index (Phi) is 9.11. The van der Waals surface area contributed by atoms with Crippen LogP contribution in [0.1, 0.15) is 87.0 Å². The zero-order valence-electron chi connectivity index (χ0n) is 16.1. The monoisotopic (exact) mass is 344 g/mol. The first kappa shape index (κ1) is 22.2. The van der Waals surface area contributed by atoms with Gasteiger partial charge in [0.25, 0.3) is 14.3 Å². The first-order valence-electron chi connectivity index (χ1n) is 8.94. The average molecular weight is 345 g/mol. The minimum atomic E-state index is -2.41. The van der Waals surface area contributed by atoms with Gasteiger partial charge < -0.3 is 9.53 Å². The van der Waals surface area contributed by atoms with Gasteiger partial charge in [0.1, 0.15) is 0 Å². The molecular formula is C18H36O4Si. The number of aliphatic carboxylic acids is 1. The molecule has 0 aliphatic heterocycles. The molecule has 0 saturated carbocycles. The van der Waals surface area contributed by atoms with Crippen molar-refractivity contribution in [2.24, 2.45) is 0 Å². The summed E-state index contributed by atoms with van der Waals surface area (Å²) in [5, 5.41) is 8.76. The summed E-state index contributed by atoms with van der Waals surface area (Å²) < 4.78 is 6.14. The van der Waals surface area contributed by atoms with Crippen LogP contribution in [0.15, 0.2) is 0 Å². The number of carboxylic acid groups (broad SMARTS) is 1. The van der Waals surface area contributed by atoms with E-state index in [1.165, 1.54) is 12.8 Å². The van der Waals surface area contributed by atoms with Crippen molar-refractivity contribution < 1.29 is 19.1 Å².